The predicted molar refractivity (Wildman–Crippen MR) is 80.4 cm³/mol. The molecule has 0 radical (unpaired) electrons. The Hall–Kier alpha value is -2.04. The van der Waals surface area contributed by atoms with E-state index >= 15 is 0 Å². The molecule has 0 spiro atoms. The maximum absolute atomic E-state index is 12.1. The van der Waals surface area contributed by atoms with Crippen LogP contribution < -0.4 is 5.73 Å². The Balaban J connectivity index is 3.27. The Morgan fingerprint density at radius 3 is 2.10 bits per heavy atom. The monoisotopic (exact) mass is 293 g/mol. The molecule has 0 aromatic heterocycles. The lowest BCUT2D eigenvalue weighted by Gasteiger charge is -2.17. The Bertz CT molecular complexity index is 549. The van der Waals surface area contributed by atoms with Gasteiger partial charge < -0.3 is 15.6 Å². The van der Waals surface area contributed by atoms with Crippen molar-refractivity contribution in [1.29, 1.82) is 0 Å². The number of aromatic hydroxyl groups is 1. The van der Waals surface area contributed by atoms with Crippen molar-refractivity contribution >= 4 is 11.9 Å². The zero-order valence-corrected chi connectivity index (χ0v) is 13.1. The normalized spacial score (nSPS) is 12.5. The van der Waals surface area contributed by atoms with E-state index in [2.05, 4.69) is 0 Å². The van der Waals surface area contributed by atoms with Gasteiger partial charge >= 0.3 is 5.97 Å². The molecule has 0 saturated heterocycles. The number of benzene rings is 1. The number of nitrogens with two attached hydrogens (primary N) is 1. The number of rotatable bonds is 5. The zero-order chi connectivity index (χ0) is 16.3. The van der Waals surface area contributed by atoms with Crippen molar-refractivity contribution in [2.45, 2.75) is 52.6 Å². The van der Waals surface area contributed by atoms with E-state index in [0.29, 0.717) is 5.56 Å². The lowest BCUT2D eigenvalue weighted by molar-refractivity contribution is -0.125. The molecule has 0 fully saturated rings. The third-order valence-electron chi connectivity index (χ3n) is 3.35. The number of esters is 1. The summed E-state index contributed by atoms with van der Waals surface area (Å²) in [5.74, 6) is -1.32. The Labute approximate surface area is 125 Å². The Morgan fingerprint density at radius 1 is 1.10 bits per heavy atom. The van der Waals surface area contributed by atoms with Gasteiger partial charge in [-0.15, -0.1) is 0 Å². The molecule has 0 aliphatic heterocycles. The average molecular weight is 293 g/mol. The third kappa shape index (κ3) is 3.97. The van der Waals surface area contributed by atoms with Crippen LogP contribution in [0.25, 0.3) is 0 Å². The highest BCUT2D eigenvalue weighted by atomic mass is 16.5. The molecule has 5 heteroatoms. The van der Waals surface area contributed by atoms with Crippen LogP contribution in [-0.2, 0) is 9.53 Å². The van der Waals surface area contributed by atoms with E-state index in [1.807, 2.05) is 33.8 Å². The summed E-state index contributed by atoms with van der Waals surface area (Å²) in [4.78, 5) is 23.1. The number of hydrogen-bond donors (Lipinski definition) is 2. The van der Waals surface area contributed by atoms with Crippen LogP contribution >= 0.6 is 0 Å². The van der Waals surface area contributed by atoms with Crippen molar-refractivity contribution in [2.24, 2.45) is 5.73 Å². The number of ether oxygens (including phenoxy) is 1. The number of amides is 1. The molecule has 0 unspecified atom stereocenters. The number of carbonyl (C=O) groups is 2. The van der Waals surface area contributed by atoms with Crippen LogP contribution in [0.5, 0.6) is 5.75 Å². The summed E-state index contributed by atoms with van der Waals surface area (Å²) in [5.41, 5.74) is 6.75. The second kappa shape index (κ2) is 6.61. The van der Waals surface area contributed by atoms with Gasteiger partial charge in [0.15, 0.2) is 6.10 Å². The van der Waals surface area contributed by atoms with Crippen molar-refractivity contribution in [3.8, 4) is 5.75 Å². The summed E-state index contributed by atoms with van der Waals surface area (Å²) in [6, 6.07) is 3.49. The molecule has 0 aliphatic carbocycles. The average Bonchev–Trinajstić information content (AvgIpc) is 2.37. The first kappa shape index (κ1) is 17.0. The van der Waals surface area contributed by atoms with Gasteiger partial charge in [-0.2, -0.15) is 0 Å². The third-order valence-corrected chi connectivity index (χ3v) is 3.35. The van der Waals surface area contributed by atoms with Crippen LogP contribution in [0.3, 0.4) is 0 Å². The maximum atomic E-state index is 12.1. The van der Waals surface area contributed by atoms with Gasteiger partial charge in [-0.1, -0.05) is 33.8 Å². The smallest absolute Gasteiger partial charge is 0.342 e. The molecule has 1 rings (SSSR count). The molecule has 1 amide bonds. The van der Waals surface area contributed by atoms with Crippen molar-refractivity contribution in [3.05, 3.63) is 28.8 Å². The van der Waals surface area contributed by atoms with E-state index in [1.165, 1.54) is 6.92 Å². The van der Waals surface area contributed by atoms with Gasteiger partial charge in [0.05, 0.1) is 0 Å². The van der Waals surface area contributed by atoms with Gasteiger partial charge in [-0.05, 0) is 36.0 Å². The van der Waals surface area contributed by atoms with Gasteiger partial charge in [0.25, 0.3) is 5.91 Å². The van der Waals surface area contributed by atoms with Gasteiger partial charge in [-0.3, -0.25) is 4.79 Å². The fourth-order valence-corrected chi connectivity index (χ4v) is 1.89. The van der Waals surface area contributed by atoms with Crippen LogP contribution in [0.15, 0.2) is 12.1 Å². The minimum absolute atomic E-state index is 0.0591. The molecule has 0 bridgehead atoms. The quantitative estimate of drug-likeness (QED) is 0.817. The van der Waals surface area contributed by atoms with Crippen LogP contribution in [0, 0.1) is 0 Å². The minimum Gasteiger partial charge on any atom is -0.507 e. The van der Waals surface area contributed by atoms with Gasteiger partial charge in [-0.25, -0.2) is 4.79 Å². The summed E-state index contributed by atoms with van der Waals surface area (Å²) in [7, 11) is 0. The molecule has 116 valence electrons. The van der Waals surface area contributed by atoms with E-state index in [4.69, 9.17) is 10.5 Å². The highest BCUT2D eigenvalue weighted by molar-refractivity contribution is 5.95. The van der Waals surface area contributed by atoms with Gasteiger partial charge in [0.1, 0.15) is 11.3 Å². The maximum Gasteiger partial charge on any atom is 0.342 e. The minimum atomic E-state index is -1.04. The molecule has 21 heavy (non-hydrogen) atoms. The molecule has 0 saturated carbocycles. The van der Waals surface area contributed by atoms with E-state index in [-0.39, 0.29) is 23.1 Å². The highest BCUT2D eigenvalue weighted by Crippen LogP contribution is 2.33. The highest BCUT2D eigenvalue weighted by Gasteiger charge is 2.23. The van der Waals surface area contributed by atoms with E-state index in [0.717, 1.165) is 5.56 Å². The Kier molecular flexibility index (Phi) is 5.35. The zero-order valence-electron chi connectivity index (χ0n) is 13.1. The molecule has 0 aliphatic rings. The predicted octanol–water partition coefficient (Wildman–Crippen LogP) is 2.67. The standard InChI is InChI=1S/C16H23NO4/c1-8(2)11-6-12(9(3)4)14(18)13(7-11)16(20)21-10(5)15(17)19/h6-10,18H,1-5H3,(H2,17,19)/t10-/m1/s1. The molecule has 5 nitrogen and oxygen atoms in total. The summed E-state index contributed by atoms with van der Waals surface area (Å²) < 4.78 is 4.97. The first-order chi connectivity index (χ1) is 9.65. The van der Waals surface area contributed by atoms with Crippen LogP contribution in [0.1, 0.15) is 67.9 Å². The Morgan fingerprint density at radius 2 is 1.67 bits per heavy atom. The van der Waals surface area contributed by atoms with Crippen molar-refractivity contribution < 1.29 is 19.4 Å². The number of primary amides is 1. The molecule has 1 aromatic carbocycles. The van der Waals surface area contributed by atoms with Crippen molar-refractivity contribution in [2.75, 3.05) is 0 Å². The molecule has 1 atom stereocenters. The topological polar surface area (TPSA) is 89.6 Å². The second-order valence-electron chi connectivity index (χ2n) is 5.77. The van der Waals surface area contributed by atoms with Crippen LogP contribution in [-0.4, -0.2) is 23.1 Å². The summed E-state index contributed by atoms with van der Waals surface area (Å²) in [5, 5.41) is 10.3. The number of phenolic OH excluding ortho intramolecular Hbond substituents is 1. The van der Waals surface area contributed by atoms with E-state index in [9.17, 15) is 14.7 Å². The summed E-state index contributed by atoms with van der Waals surface area (Å²) >= 11 is 0. The first-order valence-corrected chi connectivity index (χ1v) is 7.02. The van der Waals surface area contributed by atoms with E-state index < -0.39 is 18.0 Å². The molecular formula is C16H23NO4. The fraction of sp³-hybridized carbons (Fsp3) is 0.500. The SMILES string of the molecule is CC(C)c1cc(C(=O)O[C@H](C)C(N)=O)c(O)c(C(C)C)c1. The molecule has 1 aromatic rings. The van der Waals surface area contributed by atoms with Crippen molar-refractivity contribution in [3.63, 3.8) is 0 Å². The molecular weight excluding hydrogens is 270 g/mol. The number of hydrogen-bond acceptors (Lipinski definition) is 4. The lowest BCUT2D eigenvalue weighted by Crippen LogP contribution is -2.30. The van der Waals surface area contributed by atoms with Crippen LogP contribution in [0.2, 0.25) is 0 Å². The van der Waals surface area contributed by atoms with Gasteiger partial charge in [0, 0.05) is 0 Å². The lowest BCUT2D eigenvalue weighted by atomic mass is 9.92. The summed E-state index contributed by atoms with van der Waals surface area (Å²) in [6.07, 6.45) is -1.04. The summed E-state index contributed by atoms with van der Waals surface area (Å²) in [6.45, 7) is 9.25. The fourth-order valence-electron chi connectivity index (χ4n) is 1.89. The van der Waals surface area contributed by atoms with Crippen molar-refractivity contribution in [1.82, 2.24) is 0 Å². The van der Waals surface area contributed by atoms with Gasteiger partial charge in [0.2, 0.25) is 0 Å². The van der Waals surface area contributed by atoms with E-state index in [1.54, 1.807) is 6.07 Å². The number of phenols is 1. The van der Waals surface area contributed by atoms with Crippen LogP contribution in [0.4, 0.5) is 0 Å². The largest absolute Gasteiger partial charge is 0.507 e. The number of carbonyl (C=O) groups excluding carboxylic acids is 2. The molecule has 3 N–H and O–H groups in total. The first-order valence-electron chi connectivity index (χ1n) is 7.02. The molecule has 0 heterocycles. The second-order valence-corrected chi connectivity index (χ2v) is 5.77.